The Morgan fingerprint density at radius 3 is 2.14 bits per heavy atom. The Bertz CT molecular complexity index is 1370. The van der Waals surface area contributed by atoms with Gasteiger partial charge in [0.1, 0.15) is 17.7 Å². The average molecular weight is 592 g/mol. The van der Waals surface area contributed by atoms with Crippen molar-refractivity contribution in [3.05, 3.63) is 77.9 Å². The minimum absolute atomic E-state index is 0.0401. The van der Waals surface area contributed by atoms with E-state index in [9.17, 15) is 14.4 Å². The number of hydrogen-bond donors (Lipinski definition) is 3. The molecule has 0 bridgehead atoms. The predicted octanol–water partition coefficient (Wildman–Crippen LogP) is 7.30. The van der Waals surface area contributed by atoms with E-state index in [0.29, 0.717) is 23.6 Å². The quantitative estimate of drug-likeness (QED) is 0.204. The standard InChI is InChI=1S/C34H45N3O4S/c1-22(2)12-15-24(4)37(32(39)29(21-42)36-33(40)41-34(5,6)7)30(26-16-13-23(3)14-17-26)31(38)35-28-19-18-25-10-8-9-11-27(25)20-28/h8-11,13-14,16-20,22,24,29-30,42H,12,15,21H2,1-7H3,(H,35,38)(H,36,40). The summed E-state index contributed by atoms with van der Waals surface area (Å²) in [6.07, 6.45) is 0.834. The number of carbonyl (C=O) groups is 3. The molecule has 0 fully saturated rings. The van der Waals surface area contributed by atoms with Gasteiger partial charge in [-0.3, -0.25) is 9.59 Å². The van der Waals surface area contributed by atoms with E-state index in [2.05, 4.69) is 37.1 Å². The predicted molar refractivity (Wildman–Crippen MR) is 174 cm³/mol. The fourth-order valence-corrected chi connectivity index (χ4v) is 5.04. The summed E-state index contributed by atoms with van der Waals surface area (Å²) in [6.45, 7) is 13.5. The fourth-order valence-electron chi connectivity index (χ4n) is 4.79. The van der Waals surface area contributed by atoms with Crippen LogP contribution in [0.15, 0.2) is 66.7 Å². The van der Waals surface area contributed by atoms with E-state index in [0.717, 1.165) is 22.8 Å². The molecule has 0 radical (unpaired) electrons. The van der Waals surface area contributed by atoms with E-state index >= 15 is 0 Å². The number of nitrogens with one attached hydrogen (secondary N) is 2. The van der Waals surface area contributed by atoms with Crippen LogP contribution >= 0.6 is 12.6 Å². The number of rotatable bonds is 11. The van der Waals surface area contributed by atoms with Gasteiger partial charge in [0.05, 0.1) is 0 Å². The zero-order valence-electron chi connectivity index (χ0n) is 25.8. The maximum absolute atomic E-state index is 14.3. The van der Waals surface area contributed by atoms with Crippen LogP contribution in [0.5, 0.6) is 0 Å². The summed E-state index contributed by atoms with van der Waals surface area (Å²) in [5.74, 6) is -0.284. The number of aryl methyl sites for hydroxylation is 1. The SMILES string of the molecule is Cc1ccc(C(C(=O)Nc2ccc3ccccc3c2)N(C(=O)C(CS)NC(=O)OC(C)(C)C)C(C)CCC(C)C)cc1. The molecule has 226 valence electrons. The van der Waals surface area contributed by atoms with Gasteiger partial charge in [-0.15, -0.1) is 0 Å². The Balaban J connectivity index is 2.04. The minimum Gasteiger partial charge on any atom is -0.444 e. The van der Waals surface area contributed by atoms with Crippen molar-refractivity contribution in [3.63, 3.8) is 0 Å². The molecule has 0 saturated carbocycles. The van der Waals surface area contributed by atoms with Gasteiger partial charge in [0, 0.05) is 17.5 Å². The van der Waals surface area contributed by atoms with E-state index < -0.39 is 29.7 Å². The maximum atomic E-state index is 14.3. The first-order valence-corrected chi connectivity index (χ1v) is 15.2. The van der Waals surface area contributed by atoms with E-state index in [1.807, 2.05) is 80.6 Å². The van der Waals surface area contributed by atoms with Gasteiger partial charge >= 0.3 is 6.09 Å². The van der Waals surface area contributed by atoms with Crippen LogP contribution in [0.1, 0.15) is 71.6 Å². The van der Waals surface area contributed by atoms with Crippen molar-refractivity contribution in [2.75, 3.05) is 11.1 Å². The molecule has 0 aliphatic rings. The monoisotopic (exact) mass is 591 g/mol. The third-order valence-corrected chi connectivity index (χ3v) is 7.36. The molecule has 0 spiro atoms. The second kappa shape index (κ2) is 14.6. The normalized spacial score (nSPS) is 13.7. The summed E-state index contributed by atoms with van der Waals surface area (Å²) in [5, 5.41) is 7.82. The smallest absolute Gasteiger partial charge is 0.408 e. The van der Waals surface area contributed by atoms with Gasteiger partial charge in [0.25, 0.3) is 5.91 Å². The number of alkyl carbamates (subject to hydrolysis) is 1. The van der Waals surface area contributed by atoms with Crippen molar-refractivity contribution < 1.29 is 19.1 Å². The average Bonchev–Trinajstić information content (AvgIpc) is 2.92. The Morgan fingerprint density at radius 2 is 1.55 bits per heavy atom. The summed E-state index contributed by atoms with van der Waals surface area (Å²) in [6, 6.07) is 19.1. The molecule has 0 saturated heterocycles. The molecule has 42 heavy (non-hydrogen) atoms. The highest BCUT2D eigenvalue weighted by molar-refractivity contribution is 7.80. The summed E-state index contributed by atoms with van der Waals surface area (Å²) in [4.78, 5) is 42.8. The maximum Gasteiger partial charge on any atom is 0.408 e. The third-order valence-electron chi connectivity index (χ3n) is 7.00. The van der Waals surface area contributed by atoms with E-state index in [4.69, 9.17) is 4.74 Å². The summed E-state index contributed by atoms with van der Waals surface area (Å²) < 4.78 is 5.43. The van der Waals surface area contributed by atoms with Crippen molar-refractivity contribution >= 4 is 47.0 Å². The number of anilines is 1. The molecule has 7 nitrogen and oxygen atoms in total. The van der Waals surface area contributed by atoms with Crippen molar-refractivity contribution in [2.24, 2.45) is 5.92 Å². The highest BCUT2D eigenvalue weighted by Gasteiger charge is 2.38. The zero-order chi connectivity index (χ0) is 31.0. The van der Waals surface area contributed by atoms with E-state index in [1.165, 1.54) is 0 Å². The van der Waals surface area contributed by atoms with Crippen LogP contribution in [-0.2, 0) is 14.3 Å². The summed E-state index contributed by atoms with van der Waals surface area (Å²) in [7, 11) is 0. The van der Waals surface area contributed by atoms with Crippen LogP contribution in [-0.4, -0.2) is 46.2 Å². The largest absolute Gasteiger partial charge is 0.444 e. The number of carbonyl (C=O) groups excluding carboxylic acids is 3. The van der Waals surface area contributed by atoms with Gasteiger partial charge in [0.15, 0.2) is 0 Å². The Morgan fingerprint density at radius 1 is 0.905 bits per heavy atom. The molecule has 3 rings (SSSR count). The fraction of sp³-hybridized carbons (Fsp3) is 0.441. The lowest BCUT2D eigenvalue weighted by Crippen LogP contribution is -2.55. The molecular weight excluding hydrogens is 546 g/mol. The Hall–Kier alpha value is -3.52. The van der Waals surface area contributed by atoms with Gasteiger partial charge in [-0.25, -0.2) is 4.79 Å². The van der Waals surface area contributed by atoms with Gasteiger partial charge in [-0.1, -0.05) is 74.0 Å². The number of amides is 3. The second-order valence-electron chi connectivity index (χ2n) is 12.3. The van der Waals surface area contributed by atoms with Crippen LogP contribution < -0.4 is 10.6 Å². The number of benzene rings is 3. The lowest BCUT2D eigenvalue weighted by Gasteiger charge is -2.38. The van der Waals surface area contributed by atoms with Crippen LogP contribution in [0, 0.1) is 12.8 Å². The first-order valence-electron chi connectivity index (χ1n) is 14.6. The molecule has 2 N–H and O–H groups in total. The first-order chi connectivity index (χ1) is 19.8. The van der Waals surface area contributed by atoms with Gasteiger partial charge in [0.2, 0.25) is 5.91 Å². The van der Waals surface area contributed by atoms with Gasteiger partial charge < -0.3 is 20.3 Å². The van der Waals surface area contributed by atoms with Crippen molar-refractivity contribution in [3.8, 4) is 0 Å². The number of thiol groups is 1. The van der Waals surface area contributed by atoms with Gasteiger partial charge in [-0.2, -0.15) is 12.6 Å². The van der Waals surface area contributed by atoms with Gasteiger partial charge in [-0.05, 0) is 81.8 Å². The number of fused-ring (bicyclic) bond motifs is 1. The van der Waals surface area contributed by atoms with Crippen LogP contribution in [0.3, 0.4) is 0 Å². The van der Waals surface area contributed by atoms with E-state index in [1.54, 1.807) is 25.7 Å². The molecule has 3 amide bonds. The third kappa shape index (κ3) is 9.24. The molecule has 0 aromatic heterocycles. The molecule has 3 atom stereocenters. The molecular formula is C34H45N3O4S. The van der Waals surface area contributed by atoms with Crippen LogP contribution in [0.4, 0.5) is 10.5 Å². The van der Waals surface area contributed by atoms with Crippen molar-refractivity contribution in [2.45, 2.75) is 85.0 Å². The molecule has 3 unspecified atom stereocenters. The Labute approximate surface area is 255 Å². The minimum atomic E-state index is -0.994. The molecule has 8 heteroatoms. The van der Waals surface area contributed by atoms with E-state index in [-0.39, 0.29) is 17.7 Å². The highest BCUT2D eigenvalue weighted by atomic mass is 32.1. The topological polar surface area (TPSA) is 87.7 Å². The number of nitrogens with zero attached hydrogens (tertiary/aromatic N) is 1. The molecule has 3 aromatic carbocycles. The molecule has 0 aliphatic heterocycles. The summed E-state index contributed by atoms with van der Waals surface area (Å²) >= 11 is 4.41. The Kier molecular flexibility index (Phi) is 11.5. The number of hydrogen-bond acceptors (Lipinski definition) is 5. The molecule has 0 aliphatic carbocycles. The van der Waals surface area contributed by atoms with Crippen LogP contribution in [0.25, 0.3) is 10.8 Å². The molecule has 0 heterocycles. The first kappa shape index (κ1) is 33.0. The lowest BCUT2D eigenvalue weighted by molar-refractivity contribution is -0.143. The second-order valence-corrected chi connectivity index (χ2v) is 12.7. The highest BCUT2D eigenvalue weighted by Crippen LogP contribution is 2.30. The lowest BCUT2D eigenvalue weighted by atomic mass is 9.96. The number of ether oxygens (including phenoxy) is 1. The van der Waals surface area contributed by atoms with Crippen molar-refractivity contribution in [1.82, 2.24) is 10.2 Å². The zero-order valence-corrected chi connectivity index (χ0v) is 26.7. The van der Waals surface area contributed by atoms with Crippen LogP contribution in [0.2, 0.25) is 0 Å². The molecule has 3 aromatic rings. The van der Waals surface area contributed by atoms with Crippen molar-refractivity contribution in [1.29, 1.82) is 0 Å². The summed E-state index contributed by atoms with van der Waals surface area (Å²) in [5.41, 5.74) is 1.62.